The van der Waals surface area contributed by atoms with Crippen LogP contribution in [0, 0.1) is 5.82 Å². The van der Waals surface area contributed by atoms with Crippen LogP contribution in [0.2, 0.25) is 5.02 Å². The van der Waals surface area contributed by atoms with E-state index in [1.54, 1.807) is 0 Å². The van der Waals surface area contributed by atoms with Gasteiger partial charge in [-0.05, 0) is 35.6 Å². The minimum atomic E-state index is -0.190. The molecule has 0 aliphatic heterocycles. The van der Waals surface area contributed by atoms with Gasteiger partial charge in [0.15, 0.2) is 0 Å². The number of rotatable bonds is 2. The lowest BCUT2D eigenvalue weighted by atomic mass is 9.99. The quantitative estimate of drug-likeness (QED) is 0.673. The topological polar surface area (TPSA) is 0 Å². The lowest BCUT2D eigenvalue weighted by Gasteiger charge is -2.11. The van der Waals surface area contributed by atoms with Crippen LogP contribution in [-0.4, -0.2) is 0 Å². The van der Waals surface area contributed by atoms with Crippen LogP contribution in [-0.2, 0) is 6.42 Å². The van der Waals surface area contributed by atoms with Gasteiger partial charge < -0.3 is 0 Å². The monoisotopic (exact) mass is 200 g/mol. The Morgan fingerprint density at radius 3 is 2.46 bits per heavy atom. The molecule has 0 aliphatic carbocycles. The van der Waals surface area contributed by atoms with Gasteiger partial charge in [0.1, 0.15) is 5.82 Å². The Morgan fingerprint density at radius 1 is 1.38 bits per heavy atom. The van der Waals surface area contributed by atoms with Crippen molar-refractivity contribution < 1.29 is 4.39 Å². The van der Waals surface area contributed by atoms with E-state index in [4.69, 9.17) is 11.6 Å². The summed E-state index contributed by atoms with van der Waals surface area (Å²) in [4.78, 5) is 0. The summed E-state index contributed by atoms with van der Waals surface area (Å²) in [5, 5.41) is 0.721. The van der Waals surface area contributed by atoms with Crippen molar-refractivity contribution in [2.24, 2.45) is 0 Å². The van der Waals surface area contributed by atoms with Gasteiger partial charge >= 0.3 is 0 Å². The van der Waals surface area contributed by atoms with Crippen LogP contribution in [0.1, 0.15) is 37.8 Å². The lowest BCUT2D eigenvalue weighted by Crippen LogP contribution is -1.95. The van der Waals surface area contributed by atoms with Crippen molar-refractivity contribution in [2.75, 3.05) is 0 Å². The van der Waals surface area contributed by atoms with Gasteiger partial charge in [0.25, 0.3) is 0 Å². The van der Waals surface area contributed by atoms with Crippen LogP contribution in [0.5, 0.6) is 0 Å². The van der Waals surface area contributed by atoms with Crippen molar-refractivity contribution in [1.82, 2.24) is 0 Å². The van der Waals surface area contributed by atoms with Gasteiger partial charge in [-0.3, -0.25) is 0 Å². The Labute approximate surface area is 83.7 Å². The molecule has 0 spiro atoms. The lowest BCUT2D eigenvalue weighted by molar-refractivity contribution is 0.621. The largest absolute Gasteiger partial charge is 0.207 e. The maximum absolute atomic E-state index is 13.1. The van der Waals surface area contributed by atoms with Crippen molar-refractivity contribution in [3.63, 3.8) is 0 Å². The summed E-state index contributed by atoms with van der Waals surface area (Å²) < 4.78 is 13.1. The fraction of sp³-hybridized carbons (Fsp3) is 0.455. The molecule has 0 saturated heterocycles. The van der Waals surface area contributed by atoms with Gasteiger partial charge in [0, 0.05) is 5.02 Å². The first-order chi connectivity index (χ1) is 6.06. The summed E-state index contributed by atoms with van der Waals surface area (Å²) in [6.07, 6.45) is 0.774. The summed E-state index contributed by atoms with van der Waals surface area (Å²) in [5.74, 6) is 0.0819. The Hall–Kier alpha value is -0.560. The van der Waals surface area contributed by atoms with Crippen molar-refractivity contribution >= 4 is 11.6 Å². The molecule has 13 heavy (non-hydrogen) atoms. The van der Waals surface area contributed by atoms with Gasteiger partial charge in [0.05, 0.1) is 0 Å². The molecular formula is C11H14ClF. The predicted molar refractivity (Wildman–Crippen MR) is 54.9 cm³/mol. The van der Waals surface area contributed by atoms with Gasteiger partial charge in [-0.1, -0.05) is 32.4 Å². The second-order valence-corrected chi connectivity index (χ2v) is 3.85. The van der Waals surface area contributed by atoms with E-state index >= 15 is 0 Å². The predicted octanol–water partition coefficient (Wildman–Crippen LogP) is 4.16. The normalized spacial score (nSPS) is 10.9. The number of aryl methyl sites for hydroxylation is 1. The standard InChI is InChI=1S/C11H14ClF/c1-4-8-5-9(13)6-10(7(2)3)11(8)12/h5-7H,4H2,1-3H3. The number of hydrogen-bond donors (Lipinski definition) is 0. The van der Waals surface area contributed by atoms with E-state index in [0.29, 0.717) is 0 Å². The van der Waals surface area contributed by atoms with E-state index in [2.05, 4.69) is 0 Å². The smallest absolute Gasteiger partial charge is 0.123 e. The third-order valence-corrected chi connectivity index (χ3v) is 2.60. The van der Waals surface area contributed by atoms with Crippen molar-refractivity contribution in [2.45, 2.75) is 33.1 Å². The molecule has 0 unspecified atom stereocenters. The van der Waals surface area contributed by atoms with Crippen LogP contribution in [0.4, 0.5) is 4.39 Å². The highest BCUT2D eigenvalue weighted by Crippen LogP contribution is 2.28. The molecule has 0 heterocycles. The molecule has 0 saturated carbocycles. The molecule has 0 bridgehead atoms. The first kappa shape index (κ1) is 10.5. The second kappa shape index (κ2) is 4.10. The molecule has 0 radical (unpaired) electrons. The third kappa shape index (κ3) is 2.22. The summed E-state index contributed by atoms with van der Waals surface area (Å²) in [7, 11) is 0. The molecule has 0 nitrogen and oxygen atoms in total. The van der Waals surface area contributed by atoms with E-state index in [9.17, 15) is 4.39 Å². The average molecular weight is 201 g/mol. The third-order valence-electron chi connectivity index (χ3n) is 2.14. The molecule has 1 rings (SSSR count). The molecule has 1 aromatic carbocycles. The fourth-order valence-electron chi connectivity index (χ4n) is 1.35. The first-order valence-electron chi connectivity index (χ1n) is 4.54. The maximum atomic E-state index is 13.1. The summed E-state index contributed by atoms with van der Waals surface area (Å²) >= 11 is 6.11. The van der Waals surface area contributed by atoms with E-state index in [1.807, 2.05) is 20.8 Å². The number of hydrogen-bond acceptors (Lipinski definition) is 0. The maximum Gasteiger partial charge on any atom is 0.123 e. The fourth-order valence-corrected chi connectivity index (χ4v) is 1.81. The zero-order valence-corrected chi connectivity index (χ0v) is 8.95. The van der Waals surface area contributed by atoms with E-state index in [-0.39, 0.29) is 11.7 Å². The molecule has 2 heteroatoms. The number of benzene rings is 1. The second-order valence-electron chi connectivity index (χ2n) is 3.48. The average Bonchev–Trinajstić information content (AvgIpc) is 2.08. The van der Waals surface area contributed by atoms with Crippen molar-refractivity contribution in [3.8, 4) is 0 Å². The Balaban J connectivity index is 3.27. The van der Waals surface area contributed by atoms with Gasteiger partial charge in [0.2, 0.25) is 0 Å². The van der Waals surface area contributed by atoms with Crippen molar-refractivity contribution in [3.05, 3.63) is 34.1 Å². The van der Waals surface area contributed by atoms with E-state index in [1.165, 1.54) is 12.1 Å². The molecule has 72 valence electrons. The molecule has 0 atom stereocenters. The van der Waals surface area contributed by atoms with Gasteiger partial charge in [-0.25, -0.2) is 4.39 Å². The molecule has 0 aliphatic rings. The molecule has 0 aromatic heterocycles. The number of halogens is 2. The molecule has 0 fully saturated rings. The van der Waals surface area contributed by atoms with Crippen LogP contribution in [0.3, 0.4) is 0 Å². The van der Waals surface area contributed by atoms with Crippen LogP contribution in [0.15, 0.2) is 12.1 Å². The minimum absolute atomic E-state index is 0.190. The summed E-state index contributed by atoms with van der Waals surface area (Å²) in [6, 6.07) is 3.03. The SMILES string of the molecule is CCc1cc(F)cc(C(C)C)c1Cl. The van der Waals surface area contributed by atoms with Crippen LogP contribution >= 0.6 is 11.6 Å². The first-order valence-corrected chi connectivity index (χ1v) is 4.91. The van der Waals surface area contributed by atoms with E-state index < -0.39 is 0 Å². The highest BCUT2D eigenvalue weighted by Gasteiger charge is 2.10. The highest BCUT2D eigenvalue weighted by atomic mass is 35.5. The van der Waals surface area contributed by atoms with Gasteiger partial charge in [-0.2, -0.15) is 0 Å². The van der Waals surface area contributed by atoms with Crippen LogP contribution in [0.25, 0.3) is 0 Å². The Kier molecular flexibility index (Phi) is 3.32. The zero-order chi connectivity index (χ0) is 10.0. The Bertz CT molecular complexity index is 305. The minimum Gasteiger partial charge on any atom is -0.207 e. The summed E-state index contributed by atoms with van der Waals surface area (Å²) in [5.41, 5.74) is 1.80. The summed E-state index contributed by atoms with van der Waals surface area (Å²) in [6.45, 7) is 6.00. The van der Waals surface area contributed by atoms with Crippen molar-refractivity contribution in [1.29, 1.82) is 0 Å². The van der Waals surface area contributed by atoms with E-state index in [0.717, 1.165) is 22.6 Å². The highest BCUT2D eigenvalue weighted by molar-refractivity contribution is 6.32. The van der Waals surface area contributed by atoms with Gasteiger partial charge in [-0.15, -0.1) is 0 Å². The molecular weight excluding hydrogens is 187 g/mol. The van der Waals surface area contributed by atoms with Crippen LogP contribution < -0.4 is 0 Å². The zero-order valence-electron chi connectivity index (χ0n) is 8.20. The molecule has 1 aromatic rings. The molecule has 0 amide bonds. The molecule has 0 N–H and O–H groups in total. The Morgan fingerprint density at radius 2 is 2.00 bits per heavy atom.